The van der Waals surface area contributed by atoms with Gasteiger partial charge in [0.2, 0.25) is 0 Å². The van der Waals surface area contributed by atoms with Crippen LogP contribution in [-0.2, 0) is 6.42 Å². The zero-order chi connectivity index (χ0) is 20.1. The molecular weight excluding hydrogens is 376 g/mol. The van der Waals surface area contributed by atoms with Crippen molar-refractivity contribution >= 4 is 23.1 Å². The number of ether oxygens (including phenoxy) is 2. The summed E-state index contributed by atoms with van der Waals surface area (Å²) in [6.45, 7) is 2.19. The van der Waals surface area contributed by atoms with Gasteiger partial charge in [-0.3, -0.25) is 4.79 Å². The second kappa shape index (κ2) is 9.13. The molecule has 0 fully saturated rings. The van der Waals surface area contributed by atoms with Crippen LogP contribution in [0.3, 0.4) is 0 Å². The molecule has 0 radical (unpaired) electrons. The third-order valence-electron chi connectivity index (χ3n) is 4.64. The molecule has 0 atom stereocenters. The number of carbonyl (C=O) groups is 1. The van der Waals surface area contributed by atoms with Crippen LogP contribution in [0.4, 0.5) is 5.69 Å². The van der Waals surface area contributed by atoms with Crippen LogP contribution in [0, 0.1) is 0 Å². The van der Waals surface area contributed by atoms with Crippen LogP contribution in [-0.4, -0.2) is 51.6 Å². The average molecular weight is 401 g/mol. The van der Waals surface area contributed by atoms with E-state index in [9.17, 15) is 4.79 Å². The van der Waals surface area contributed by atoms with Crippen molar-refractivity contribution in [1.82, 2.24) is 4.90 Å². The number of anilines is 1. The van der Waals surface area contributed by atoms with Gasteiger partial charge in [0.1, 0.15) is 6.61 Å². The molecular formula is C22H25ClN2O3. The number of allylic oxidation sites excluding steroid dienone is 1. The first-order valence-corrected chi connectivity index (χ1v) is 9.59. The monoisotopic (exact) mass is 400 g/mol. The Morgan fingerprint density at radius 3 is 2.75 bits per heavy atom. The first kappa shape index (κ1) is 20.2. The highest BCUT2D eigenvalue weighted by atomic mass is 35.5. The highest BCUT2D eigenvalue weighted by molar-refractivity contribution is 6.34. The van der Waals surface area contributed by atoms with Gasteiger partial charge in [-0.05, 0) is 44.3 Å². The summed E-state index contributed by atoms with van der Waals surface area (Å²) in [5, 5.41) is 0.459. The fraction of sp³-hybridized carbons (Fsp3) is 0.318. The van der Waals surface area contributed by atoms with Gasteiger partial charge in [0.05, 0.1) is 12.1 Å². The van der Waals surface area contributed by atoms with Gasteiger partial charge in [0.15, 0.2) is 17.3 Å². The molecule has 0 spiro atoms. The predicted octanol–water partition coefficient (Wildman–Crippen LogP) is 4.05. The maximum Gasteiger partial charge on any atom is 0.188 e. The van der Waals surface area contributed by atoms with E-state index in [-0.39, 0.29) is 5.78 Å². The van der Waals surface area contributed by atoms with Crippen molar-refractivity contribution in [2.45, 2.75) is 6.42 Å². The minimum absolute atomic E-state index is 0.116. The van der Waals surface area contributed by atoms with Crippen molar-refractivity contribution in [3.8, 4) is 11.5 Å². The first-order valence-electron chi connectivity index (χ1n) is 9.21. The normalized spacial score (nSPS) is 13.2. The molecule has 0 saturated heterocycles. The fourth-order valence-electron chi connectivity index (χ4n) is 3.09. The Hall–Kier alpha value is -2.50. The van der Waals surface area contributed by atoms with Crippen LogP contribution >= 0.6 is 11.6 Å². The Morgan fingerprint density at radius 1 is 1.25 bits per heavy atom. The van der Waals surface area contributed by atoms with Crippen LogP contribution in [0.15, 0.2) is 48.7 Å². The number of hydrogen-bond donors (Lipinski definition) is 0. The van der Waals surface area contributed by atoms with E-state index in [1.807, 2.05) is 44.6 Å². The van der Waals surface area contributed by atoms with E-state index < -0.39 is 0 Å². The molecule has 0 bridgehead atoms. The summed E-state index contributed by atoms with van der Waals surface area (Å²) in [5.74, 6) is 1.33. The molecule has 1 aliphatic rings. The van der Waals surface area contributed by atoms with Gasteiger partial charge in [0.25, 0.3) is 0 Å². The van der Waals surface area contributed by atoms with E-state index in [2.05, 4.69) is 9.80 Å². The number of methoxy groups -OCH3 is 1. The maximum atomic E-state index is 12.5. The van der Waals surface area contributed by atoms with Gasteiger partial charge in [-0.25, -0.2) is 0 Å². The predicted molar refractivity (Wildman–Crippen MR) is 113 cm³/mol. The lowest BCUT2D eigenvalue weighted by Gasteiger charge is -2.18. The summed E-state index contributed by atoms with van der Waals surface area (Å²) in [5.41, 5.74) is 2.71. The molecule has 0 saturated carbocycles. The summed E-state index contributed by atoms with van der Waals surface area (Å²) in [7, 11) is 5.66. The molecule has 3 rings (SSSR count). The smallest absolute Gasteiger partial charge is 0.188 e. The second-order valence-corrected chi connectivity index (χ2v) is 7.29. The maximum absolute atomic E-state index is 12.5. The van der Waals surface area contributed by atoms with E-state index in [0.29, 0.717) is 22.9 Å². The van der Waals surface area contributed by atoms with E-state index in [4.69, 9.17) is 21.1 Å². The highest BCUT2D eigenvalue weighted by Crippen LogP contribution is 2.39. The summed E-state index contributed by atoms with van der Waals surface area (Å²) < 4.78 is 11.4. The van der Waals surface area contributed by atoms with E-state index >= 15 is 0 Å². The highest BCUT2D eigenvalue weighted by Gasteiger charge is 2.21. The minimum Gasteiger partial charge on any atom is -0.493 e. The van der Waals surface area contributed by atoms with Gasteiger partial charge in [-0.2, -0.15) is 0 Å². The van der Waals surface area contributed by atoms with Crippen LogP contribution in [0.1, 0.15) is 15.9 Å². The molecule has 2 aromatic carbocycles. The summed E-state index contributed by atoms with van der Waals surface area (Å²) in [6.07, 6.45) is 4.26. The van der Waals surface area contributed by atoms with Crippen molar-refractivity contribution in [3.63, 3.8) is 0 Å². The fourth-order valence-corrected chi connectivity index (χ4v) is 3.32. The molecule has 5 nitrogen and oxygen atoms in total. The van der Waals surface area contributed by atoms with Crippen LogP contribution in [0.25, 0.3) is 0 Å². The summed E-state index contributed by atoms with van der Waals surface area (Å²) >= 11 is 6.12. The average Bonchev–Trinajstić information content (AvgIpc) is 3.07. The van der Waals surface area contributed by atoms with Gasteiger partial charge in [-0.15, -0.1) is 0 Å². The standard InChI is InChI=1S/C22H25ClN2O3/c1-24(2)12-13-28-22-15-19-16(14-21(22)27-3)8-10-25(19)11-9-20(26)17-6-4-5-7-18(17)23/h4-7,9,11,14-15H,8,10,12-13H2,1-3H3/b11-9+. The lowest BCUT2D eigenvalue weighted by Crippen LogP contribution is -2.19. The SMILES string of the molecule is COc1cc2c(cc1OCCN(C)C)N(/C=C/C(=O)c1ccccc1Cl)CC2. The van der Waals surface area contributed by atoms with Crippen LogP contribution < -0.4 is 14.4 Å². The Labute approximate surface area is 171 Å². The Balaban J connectivity index is 1.78. The third-order valence-corrected chi connectivity index (χ3v) is 4.97. The molecule has 6 heteroatoms. The number of nitrogens with zero attached hydrogens (tertiary/aromatic N) is 2. The largest absolute Gasteiger partial charge is 0.493 e. The van der Waals surface area contributed by atoms with Crippen molar-refractivity contribution in [1.29, 1.82) is 0 Å². The lowest BCUT2D eigenvalue weighted by atomic mass is 10.1. The quantitative estimate of drug-likeness (QED) is 0.494. The van der Waals surface area contributed by atoms with Crippen LogP contribution in [0.5, 0.6) is 11.5 Å². The number of carbonyl (C=O) groups excluding carboxylic acids is 1. The van der Waals surface area contributed by atoms with Gasteiger partial charge >= 0.3 is 0 Å². The van der Waals surface area contributed by atoms with E-state index in [0.717, 1.165) is 30.9 Å². The second-order valence-electron chi connectivity index (χ2n) is 6.89. The summed E-state index contributed by atoms with van der Waals surface area (Å²) in [6, 6.07) is 11.1. The van der Waals surface area contributed by atoms with Crippen LogP contribution in [0.2, 0.25) is 5.02 Å². The number of fused-ring (bicyclic) bond motifs is 1. The van der Waals surface area contributed by atoms with Crippen molar-refractivity contribution in [2.75, 3.05) is 45.8 Å². The number of halogens is 1. The molecule has 1 heterocycles. The number of likely N-dealkylation sites (N-methyl/N-ethyl adjacent to an activating group) is 1. The topological polar surface area (TPSA) is 42.0 Å². The first-order chi connectivity index (χ1) is 13.5. The molecule has 0 amide bonds. The Kier molecular flexibility index (Phi) is 6.60. The molecule has 2 aromatic rings. The van der Waals surface area contributed by atoms with Crippen molar-refractivity contribution in [3.05, 3.63) is 64.8 Å². The number of benzene rings is 2. The van der Waals surface area contributed by atoms with Crippen molar-refractivity contribution < 1.29 is 14.3 Å². The Bertz CT molecular complexity index is 880. The lowest BCUT2D eigenvalue weighted by molar-refractivity contribution is 0.104. The zero-order valence-electron chi connectivity index (χ0n) is 16.4. The molecule has 0 aliphatic carbocycles. The van der Waals surface area contributed by atoms with Gasteiger partial charge < -0.3 is 19.3 Å². The number of rotatable bonds is 8. The third kappa shape index (κ3) is 4.66. The minimum atomic E-state index is -0.116. The van der Waals surface area contributed by atoms with Crippen molar-refractivity contribution in [2.24, 2.45) is 0 Å². The molecule has 0 aromatic heterocycles. The molecule has 28 heavy (non-hydrogen) atoms. The molecule has 148 valence electrons. The summed E-state index contributed by atoms with van der Waals surface area (Å²) in [4.78, 5) is 16.6. The number of hydrogen-bond acceptors (Lipinski definition) is 5. The Morgan fingerprint density at radius 2 is 2.04 bits per heavy atom. The molecule has 0 N–H and O–H groups in total. The van der Waals surface area contributed by atoms with E-state index in [1.165, 1.54) is 5.56 Å². The van der Waals surface area contributed by atoms with Gasteiger partial charge in [0, 0.05) is 42.7 Å². The molecule has 1 aliphatic heterocycles. The number of ketones is 1. The molecule has 0 unspecified atom stereocenters. The van der Waals surface area contributed by atoms with Gasteiger partial charge in [-0.1, -0.05) is 23.7 Å². The van der Waals surface area contributed by atoms with E-state index in [1.54, 1.807) is 25.3 Å². The zero-order valence-corrected chi connectivity index (χ0v) is 17.2.